The van der Waals surface area contributed by atoms with Gasteiger partial charge in [0.1, 0.15) is 24.7 Å². The van der Waals surface area contributed by atoms with Gasteiger partial charge in [0.2, 0.25) is 0 Å². The van der Waals surface area contributed by atoms with Gasteiger partial charge in [0.25, 0.3) is 11.7 Å². The zero-order valence-electron chi connectivity index (χ0n) is 20.1. The normalized spacial score (nSPS) is 18.5. The molecule has 0 bridgehead atoms. The van der Waals surface area contributed by atoms with Gasteiger partial charge in [0.15, 0.2) is 11.5 Å². The summed E-state index contributed by atoms with van der Waals surface area (Å²) in [5.41, 5.74) is -0.187. The Bertz CT molecular complexity index is 1430. The van der Waals surface area contributed by atoms with Crippen molar-refractivity contribution in [1.29, 1.82) is 0 Å². The number of nitrogens with zero attached hydrogens (tertiary/aromatic N) is 1. The Morgan fingerprint density at radius 3 is 2.39 bits per heavy atom. The molecule has 1 fully saturated rings. The number of fused-ring (bicyclic) bond motifs is 1. The van der Waals surface area contributed by atoms with Crippen molar-refractivity contribution in [3.05, 3.63) is 94.6 Å². The molecular formula is C28H22F3NO6. The predicted molar refractivity (Wildman–Crippen MR) is 130 cm³/mol. The van der Waals surface area contributed by atoms with E-state index >= 15 is 0 Å². The van der Waals surface area contributed by atoms with Crippen LogP contribution in [0.3, 0.4) is 0 Å². The summed E-state index contributed by atoms with van der Waals surface area (Å²) in [6.07, 6.45) is -4.57. The molecule has 1 N–H and O–H groups in total. The number of benzene rings is 3. The van der Waals surface area contributed by atoms with E-state index in [1.165, 1.54) is 31.4 Å². The van der Waals surface area contributed by atoms with Crippen LogP contribution in [0.15, 0.2) is 72.3 Å². The van der Waals surface area contributed by atoms with Crippen molar-refractivity contribution in [2.24, 2.45) is 0 Å². The molecule has 0 aliphatic carbocycles. The molecule has 0 spiro atoms. The zero-order chi connectivity index (χ0) is 27.0. The number of carbonyl (C=O) groups excluding carboxylic acids is 2. The van der Waals surface area contributed by atoms with Crippen LogP contribution in [0.25, 0.3) is 5.76 Å². The second kappa shape index (κ2) is 9.77. The van der Waals surface area contributed by atoms with Crippen LogP contribution in [-0.4, -0.2) is 42.0 Å². The maximum Gasteiger partial charge on any atom is 0.416 e. The van der Waals surface area contributed by atoms with Crippen LogP contribution in [0.1, 0.15) is 28.3 Å². The number of aliphatic hydroxyl groups is 1. The predicted octanol–water partition coefficient (Wildman–Crippen LogP) is 5.11. The van der Waals surface area contributed by atoms with Crippen LogP contribution in [-0.2, 0) is 22.3 Å². The molecule has 0 radical (unpaired) electrons. The van der Waals surface area contributed by atoms with Crippen molar-refractivity contribution in [1.82, 2.24) is 4.90 Å². The van der Waals surface area contributed by atoms with E-state index in [1.807, 2.05) is 0 Å². The Labute approximate surface area is 215 Å². The standard InChI is InChI=1S/C28H22F3NO6/c1-36-20-8-5-17(6-9-20)24-23(25(33)18-7-10-21-22(14-18)38-12-11-37-21)26(34)27(35)32(24)15-16-3-2-4-19(13-16)28(29,30)31/h2-10,13-14,24,33H,11-12,15H2,1H3/b25-23-. The molecule has 1 saturated heterocycles. The Balaban J connectivity index is 1.61. The van der Waals surface area contributed by atoms with Gasteiger partial charge in [-0.2, -0.15) is 13.2 Å². The molecule has 2 heterocycles. The number of Topliss-reactive ketones (excluding diaryl/α,β-unsaturated/α-hetero) is 1. The number of aliphatic hydroxyl groups excluding tert-OH is 1. The van der Waals surface area contributed by atoms with Crippen molar-refractivity contribution in [3.63, 3.8) is 0 Å². The number of methoxy groups -OCH3 is 1. The van der Waals surface area contributed by atoms with E-state index in [1.54, 1.807) is 30.3 Å². The highest BCUT2D eigenvalue weighted by atomic mass is 19.4. The van der Waals surface area contributed by atoms with Gasteiger partial charge >= 0.3 is 6.18 Å². The first kappa shape index (κ1) is 25.2. The third kappa shape index (κ3) is 4.65. The number of alkyl halides is 3. The van der Waals surface area contributed by atoms with E-state index < -0.39 is 35.2 Å². The van der Waals surface area contributed by atoms with Gasteiger partial charge in [-0.1, -0.05) is 24.3 Å². The number of likely N-dealkylation sites (tertiary alicyclic amines) is 1. The van der Waals surface area contributed by atoms with Crippen molar-refractivity contribution >= 4 is 17.4 Å². The number of carbonyl (C=O) groups is 2. The largest absolute Gasteiger partial charge is 0.507 e. The topological polar surface area (TPSA) is 85.3 Å². The monoisotopic (exact) mass is 525 g/mol. The summed E-state index contributed by atoms with van der Waals surface area (Å²) in [5, 5.41) is 11.3. The lowest BCUT2D eigenvalue weighted by atomic mass is 9.95. The lowest BCUT2D eigenvalue weighted by Gasteiger charge is -2.26. The van der Waals surface area contributed by atoms with Crippen molar-refractivity contribution < 1.29 is 42.1 Å². The van der Waals surface area contributed by atoms with Gasteiger partial charge in [-0.25, -0.2) is 0 Å². The molecule has 38 heavy (non-hydrogen) atoms. The first-order valence-electron chi connectivity index (χ1n) is 11.7. The van der Waals surface area contributed by atoms with E-state index in [4.69, 9.17) is 14.2 Å². The van der Waals surface area contributed by atoms with E-state index in [2.05, 4.69) is 0 Å². The molecule has 3 aromatic carbocycles. The molecule has 2 aliphatic heterocycles. The van der Waals surface area contributed by atoms with Crippen LogP contribution < -0.4 is 14.2 Å². The minimum Gasteiger partial charge on any atom is -0.507 e. The smallest absolute Gasteiger partial charge is 0.416 e. The number of hydrogen-bond acceptors (Lipinski definition) is 6. The minimum absolute atomic E-state index is 0.180. The summed E-state index contributed by atoms with van der Waals surface area (Å²) < 4.78 is 56.2. The van der Waals surface area contributed by atoms with Gasteiger partial charge in [-0.15, -0.1) is 0 Å². The summed E-state index contributed by atoms with van der Waals surface area (Å²) in [6.45, 7) is 0.393. The lowest BCUT2D eigenvalue weighted by molar-refractivity contribution is -0.140. The Morgan fingerprint density at radius 2 is 1.71 bits per heavy atom. The number of ether oxygens (including phenoxy) is 3. The SMILES string of the molecule is COc1ccc(C2/C(=C(/O)c3ccc4c(c3)OCCO4)C(=O)C(=O)N2Cc2cccc(C(F)(F)F)c2)cc1. The van der Waals surface area contributed by atoms with Crippen LogP contribution in [0.2, 0.25) is 0 Å². The van der Waals surface area contributed by atoms with Crippen LogP contribution in [0, 0.1) is 0 Å². The lowest BCUT2D eigenvalue weighted by Crippen LogP contribution is -2.29. The second-order valence-corrected chi connectivity index (χ2v) is 8.76. The highest BCUT2D eigenvalue weighted by molar-refractivity contribution is 6.46. The van der Waals surface area contributed by atoms with Gasteiger partial charge in [0, 0.05) is 12.1 Å². The Kier molecular flexibility index (Phi) is 6.48. The zero-order valence-corrected chi connectivity index (χ0v) is 20.1. The Morgan fingerprint density at radius 1 is 1.00 bits per heavy atom. The first-order valence-corrected chi connectivity index (χ1v) is 11.7. The summed E-state index contributed by atoms with van der Waals surface area (Å²) in [5.74, 6) is -0.959. The summed E-state index contributed by atoms with van der Waals surface area (Å²) in [6, 6.07) is 14.6. The number of ketones is 1. The van der Waals surface area contributed by atoms with E-state index in [0.717, 1.165) is 17.0 Å². The first-order chi connectivity index (χ1) is 18.2. The number of halogens is 3. The van der Waals surface area contributed by atoms with E-state index in [0.29, 0.717) is 36.0 Å². The van der Waals surface area contributed by atoms with Gasteiger partial charge in [0.05, 0.1) is 24.3 Å². The molecule has 196 valence electrons. The molecule has 0 saturated carbocycles. The molecule has 10 heteroatoms. The minimum atomic E-state index is -4.57. The highest BCUT2D eigenvalue weighted by Gasteiger charge is 2.46. The molecule has 7 nitrogen and oxygen atoms in total. The third-order valence-corrected chi connectivity index (χ3v) is 6.39. The van der Waals surface area contributed by atoms with Crippen molar-refractivity contribution in [2.45, 2.75) is 18.8 Å². The average Bonchev–Trinajstić information content (AvgIpc) is 3.17. The summed E-state index contributed by atoms with van der Waals surface area (Å²) >= 11 is 0. The van der Waals surface area contributed by atoms with Crippen molar-refractivity contribution in [3.8, 4) is 17.2 Å². The van der Waals surface area contributed by atoms with E-state index in [-0.39, 0.29) is 23.2 Å². The average molecular weight is 525 g/mol. The third-order valence-electron chi connectivity index (χ3n) is 6.39. The maximum atomic E-state index is 13.3. The molecular weight excluding hydrogens is 503 g/mol. The van der Waals surface area contributed by atoms with Crippen LogP contribution in [0.5, 0.6) is 17.2 Å². The number of rotatable bonds is 5. The van der Waals surface area contributed by atoms with Gasteiger partial charge < -0.3 is 24.2 Å². The molecule has 0 aromatic heterocycles. The molecule has 3 aromatic rings. The molecule has 1 unspecified atom stereocenters. The van der Waals surface area contributed by atoms with Gasteiger partial charge in [-0.05, 0) is 53.6 Å². The quantitative estimate of drug-likeness (QED) is 0.283. The van der Waals surface area contributed by atoms with E-state index in [9.17, 15) is 27.9 Å². The molecule has 5 rings (SSSR count). The van der Waals surface area contributed by atoms with Crippen molar-refractivity contribution in [2.75, 3.05) is 20.3 Å². The maximum absolute atomic E-state index is 13.3. The number of amides is 1. The summed E-state index contributed by atoms with van der Waals surface area (Å²) in [7, 11) is 1.48. The molecule has 1 atom stereocenters. The fourth-order valence-electron chi connectivity index (χ4n) is 4.56. The second-order valence-electron chi connectivity index (χ2n) is 8.76. The van der Waals surface area contributed by atoms with Gasteiger partial charge in [-0.3, -0.25) is 9.59 Å². The Hall–Kier alpha value is -4.47. The summed E-state index contributed by atoms with van der Waals surface area (Å²) in [4.78, 5) is 27.6. The fraction of sp³-hybridized carbons (Fsp3) is 0.214. The van der Waals surface area contributed by atoms with Crippen LogP contribution in [0.4, 0.5) is 13.2 Å². The molecule has 1 amide bonds. The number of hydrogen-bond donors (Lipinski definition) is 1. The molecule has 2 aliphatic rings. The fourth-order valence-corrected chi connectivity index (χ4v) is 4.56. The highest BCUT2D eigenvalue weighted by Crippen LogP contribution is 2.42. The van der Waals surface area contributed by atoms with Crippen LogP contribution >= 0.6 is 0 Å².